The quantitative estimate of drug-likeness (QED) is 0.702. The van der Waals surface area contributed by atoms with Gasteiger partial charge in [-0.15, -0.1) is 0 Å². The SMILES string of the molecule is CC[C@@H](Oc1ccc(C(C)(C)C)cc1)C(=O)Nc1ccccc1C(C)C. The molecule has 0 aliphatic rings. The van der Waals surface area contributed by atoms with Crippen LogP contribution >= 0.6 is 0 Å². The van der Waals surface area contributed by atoms with Crippen LogP contribution in [0.3, 0.4) is 0 Å². The third-order valence-corrected chi connectivity index (χ3v) is 4.50. The van der Waals surface area contributed by atoms with Gasteiger partial charge in [0.25, 0.3) is 5.91 Å². The van der Waals surface area contributed by atoms with Crippen LogP contribution in [0.1, 0.15) is 65.0 Å². The lowest BCUT2D eigenvalue weighted by Gasteiger charge is -2.21. The number of ether oxygens (including phenoxy) is 1. The molecule has 3 nitrogen and oxygen atoms in total. The van der Waals surface area contributed by atoms with Gasteiger partial charge < -0.3 is 10.1 Å². The van der Waals surface area contributed by atoms with Gasteiger partial charge in [-0.2, -0.15) is 0 Å². The molecule has 3 heteroatoms. The van der Waals surface area contributed by atoms with E-state index in [0.717, 1.165) is 17.0 Å². The van der Waals surface area contributed by atoms with Gasteiger partial charge in [-0.1, -0.05) is 71.9 Å². The van der Waals surface area contributed by atoms with Gasteiger partial charge in [-0.05, 0) is 47.1 Å². The van der Waals surface area contributed by atoms with Crippen molar-refractivity contribution in [1.29, 1.82) is 0 Å². The smallest absolute Gasteiger partial charge is 0.265 e. The van der Waals surface area contributed by atoms with Crippen LogP contribution in [0, 0.1) is 0 Å². The Kier molecular flexibility index (Phi) is 6.47. The van der Waals surface area contributed by atoms with Crippen LogP contribution < -0.4 is 10.1 Å². The molecule has 2 rings (SSSR count). The van der Waals surface area contributed by atoms with Gasteiger partial charge >= 0.3 is 0 Å². The molecule has 2 aromatic rings. The Bertz CT molecular complexity index is 727. The fraction of sp³-hybridized carbons (Fsp3) is 0.435. The van der Waals surface area contributed by atoms with Crippen molar-refractivity contribution in [2.24, 2.45) is 0 Å². The Morgan fingerprint density at radius 1 is 1.04 bits per heavy atom. The Hall–Kier alpha value is -2.29. The first-order chi connectivity index (χ1) is 12.2. The maximum Gasteiger partial charge on any atom is 0.265 e. The first kappa shape index (κ1) is 20.0. The molecule has 0 spiro atoms. The zero-order chi connectivity index (χ0) is 19.3. The van der Waals surface area contributed by atoms with E-state index in [9.17, 15) is 4.79 Å². The number of hydrogen-bond acceptors (Lipinski definition) is 2. The summed E-state index contributed by atoms with van der Waals surface area (Å²) in [5, 5.41) is 3.03. The highest BCUT2D eigenvalue weighted by Crippen LogP contribution is 2.26. The van der Waals surface area contributed by atoms with Crippen LogP contribution in [-0.4, -0.2) is 12.0 Å². The van der Waals surface area contributed by atoms with Crippen molar-refractivity contribution in [3.63, 3.8) is 0 Å². The average Bonchev–Trinajstić information content (AvgIpc) is 2.59. The third-order valence-electron chi connectivity index (χ3n) is 4.50. The Balaban J connectivity index is 2.10. The van der Waals surface area contributed by atoms with Crippen molar-refractivity contribution in [3.8, 4) is 5.75 Å². The first-order valence-corrected chi connectivity index (χ1v) is 9.39. The second-order valence-corrected chi connectivity index (χ2v) is 8.02. The van der Waals surface area contributed by atoms with E-state index in [1.165, 1.54) is 5.56 Å². The van der Waals surface area contributed by atoms with E-state index >= 15 is 0 Å². The molecule has 1 N–H and O–H groups in total. The van der Waals surface area contributed by atoms with Crippen LogP contribution in [0.5, 0.6) is 5.75 Å². The van der Waals surface area contributed by atoms with E-state index in [0.29, 0.717) is 12.3 Å². The van der Waals surface area contributed by atoms with Crippen molar-refractivity contribution < 1.29 is 9.53 Å². The van der Waals surface area contributed by atoms with Gasteiger partial charge in [0.1, 0.15) is 5.75 Å². The number of rotatable bonds is 6. The minimum atomic E-state index is -0.518. The van der Waals surface area contributed by atoms with E-state index in [4.69, 9.17) is 4.74 Å². The van der Waals surface area contributed by atoms with Crippen LogP contribution in [0.25, 0.3) is 0 Å². The van der Waals surface area contributed by atoms with E-state index in [1.807, 2.05) is 43.3 Å². The highest BCUT2D eigenvalue weighted by Gasteiger charge is 2.20. The molecule has 0 aliphatic carbocycles. The summed E-state index contributed by atoms with van der Waals surface area (Å²) < 4.78 is 5.95. The number of benzene rings is 2. The third kappa shape index (κ3) is 5.10. The van der Waals surface area contributed by atoms with Crippen LogP contribution in [0.15, 0.2) is 48.5 Å². The maximum atomic E-state index is 12.7. The largest absolute Gasteiger partial charge is 0.481 e. The lowest BCUT2D eigenvalue weighted by atomic mass is 9.87. The summed E-state index contributed by atoms with van der Waals surface area (Å²) in [5.74, 6) is 0.954. The summed E-state index contributed by atoms with van der Waals surface area (Å²) in [6.45, 7) is 12.7. The molecule has 0 aromatic heterocycles. The number of carbonyl (C=O) groups is 1. The van der Waals surface area contributed by atoms with E-state index in [2.05, 4.69) is 52.1 Å². The van der Waals surface area contributed by atoms with Gasteiger partial charge in [0.05, 0.1) is 0 Å². The van der Waals surface area contributed by atoms with Gasteiger partial charge in [0.15, 0.2) is 6.10 Å². The molecular formula is C23H31NO2. The molecule has 2 aromatic carbocycles. The number of amides is 1. The summed E-state index contributed by atoms with van der Waals surface area (Å²) in [5.41, 5.74) is 3.33. The highest BCUT2D eigenvalue weighted by molar-refractivity contribution is 5.95. The summed E-state index contributed by atoms with van der Waals surface area (Å²) >= 11 is 0. The highest BCUT2D eigenvalue weighted by atomic mass is 16.5. The van der Waals surface area contributed by atoms with E-state index in [1.54, 1.807) is 0 Å². The molecule has 0 fully saturated rings. The summed E-state index contributed by atoms with van der Waals surface area (Å²) in [4.78, 5) is 12.7. The lowest BCUT2D eigenvalue weighted by molar-refractivity contribution is -0.122. The molecule has 26 heavy (non-hydrogen) atoms. The Labute approximate surface area is 157 Å². The molecule has 0 bridgehead atoms. The number of para-hydroxylation sites is 1. The number of nitrogens with one attached hydrogen (secondary N) is 1. The molecule has 0 radical (unpaired) electrons. The minimum Gasteiger partial charge on any atom is -0.481 e. The average molecular weight is 354 g/mol. The molecule has 140 valence electrons. The number of anilines is 1. The van der Waals surface area contributed by atoms with E-state index < -0.39 is 6.10 Å². The zero-order valence-corrected chi connectivity index (χ0v) is 16.8. The zero-order valence-electron chi connectivity index (χ0n) is 16.8. The molecular weight excluding hydrogens is 322 g/mol. The van der Waals surface area contributed by atoms with Crippen LogP contribution in [0.2, 0.25) is 0 Å². The molecule has 0 saturated heterocycles. The predicted molar refractivity (Wildman–Crippen MR) is 109 cm³/mol. The fourth-order valence-electron chi connectivity index (χ4n) is 2.85. The summed E-state index contributed by atoms with van der Waals surface area (Å²) in [6, 6.07) is 15.9. The van der Waals surface area contributed by atoms with Crippen molar-refractivity contribution in [2.75, 3.05) is 5.32 Å². The predicted octanol–water partition coefficient (Wildman–Crippen LogP) is 5.90. The van der Waals surface area contributed by atoms with Gasteiger partial charge in [0, 0.05) is 5.69 Å². The van der Waals surface area contributed by atoms with Crippen LogP contribution in [-0.2, 0) is 10.2 Å². The molecule has 1 amide bonds. The van der Waals surface area contributed by atoms with Crippen molar-refractivity contribution >= 4 is 11.6 Å². The summed E-state index contributed by atoms with van der Waals surface area (Å²) in [7, 11) is 0. The lowest BCUT2D eigenvalue weighted by Crippen LogP contribution is -2.32. The molecule has 0 aliphatic heterocycles. The molecule has 0 unspecified atom stereocenters. The fourth-order valence-corrected chi connectivity index (χ4v) is 2.85. The van der Waals surface area contributed by atoms with Crippen molar-refractivity contribution in [2.45, 2.75) is 65.4 Å². The second kappa shape index (κ2) is 8.39. The van der Waals surface area contributed by atoms with Gasteiger partial charge in [-0.25, -0.2) is 0 Å². The monoisotopic (exact) mass is 353 g/mol. The van der Waals surface area contributed by atoms with Gasteiger partial charge in [-0.3, -0.25) is 4.79 Å². The van der Waals surface area contributed by atoms with Gasteiger partial charge in [0.2, 0.25) is 0 Å². The van der Waals surface area contributed by atoms with Crippen LogP contribution in [0.4, 0.5) is 5.69 Å². The van der Waals surface area contributed by atoms with E-state index in [-0.39, 0.29) is 11.3 Å². The van der Waals surface area contributed by atoms with Crippen molar-refractivity contribution in [3.05, 3.63) is 59.7 Å². The number of hydrogen-bond donors (Lipinski definition) is 1. The normalized spacial score (nSPS) is 12.7. The summed E-state index contributed by atoms with van der Waals surface area (Å²) in [6.07, 6.45) is 0.0900. The standard InChI is InChI=1S/C23H31NO2/c1-7-21(26-18-14-12-17(13-15-18)23(4,5)6)22(25)24-20-11-9-8-10-19(20)16(2)3/h8-16,21H,7H2,1-6H3,(H,24,25)/t21-/m1/s1. The Morgan fingerprint density at radius 3 is 2.19 bits per heavy atom. The first-order valence-electron chi connectivity index (χ1n) is 9.39. The maximum absolute atomic E-state index is 12.7. The molecule has 1 atom stereocenters. The number of carbonyl (C=O) groups excluding carboxylic acids is 1. The molecule has 0 heterocycles. The van der Waals surface area contributed by atoms with Crippen molar-refractivity contribution in [1.82, 2.24) is 0 Å². The molecule has 0 saturated carbocycles. The Morgan fingerprint density at radius 2 is 1.65 bits per heavy atom. The second-order valence-electron chi connectivity index (χ2n) is 8.02. The topological polar surface area (TPSA) is 38.3 Å². The minimum absolute atomic E-state index is 0.0978.